The fourth-order valence-electron chi connectivity index (χ4n) is 2.80. The van der Waals surface area contributed by atoms with Crippen molar-refractivity contribution in [2.75, 3.05) is 18.6 Å². The number of amides is 1. The first-order valence-electron chi connectivity index (χ1n) is 8.27. The van der Waals surface area contributed by atoms with Crippen molar-refractivity contribution < 1.29 is 19.0 Å². The Bertz CT molecular complexity index is 749. The molecular formula is C20H23NO4. The van der Waals surface area contributed by atoms with Gasteiger partial charge in [0.25, 0.3) is 0 Å². The van der Waals surface area contributed by atoms with Crippen molar-refractivity contribution >= 4 is 11.8 Å². The van der Waals surface area contributed by atoms with E-state index in [1.807, 2.05) is 69.3 Å². The number of methoxy groups -OCH3 is 1. The highest BCUT2D eigenvalue weighted by Gasteiger charge is 2.36. The van der Waals surface area contributed by atoms with Gasteiger partial charge < -0.3 is 14.2 Å². The number of ether oxygens (including phenoxy) is 3. The number of carbonyl (C=O) groups is 1. The second-order valence-electron chi connectivity index (χ2n) is 6.92. The van der Waals surface area contributed by atoms with Crippen LogP contribution in [0.4, 0.5) is 10.5 Å². The van der Waals surface area contributed by atoms with E-state index in [1.54, 1.807) is 12.0 Å². The van der Waals surface area contributed by atoms with Crippen molar-refractivity contribution in [1.29, 1.82) is 0 Å². The zero-order valence-electron chi connectivity index (χ0n) is 15.0. The molecule has 0 aliphatic carbocycles. The van der Waals surface area contributed by atoms with Crippen LogP contribution < -0.4 is 14.4 Å². The highest BCUT2D eigenvalue weighted by molar-refractivity contribution is 5.91. The SMILES string of the molecule is COc1ccc([C@@H]2COc3ccccc3N2C(=O)OC(C)(C)C)cc1. The fraction of sp³-hybridized carbons (Fsp3) is 0.350. The lowest BCUT2D eigenvalue weighted by molar-refractivity contribution is 0.0542. The van der Waals surface area contributed by atoms with Gasteiger partial charge in [-0.1, -0.05) is 24.3 Å². The maximum atomic E-state index is 12.9. The Balaban J connectivity index is 1.99. The van der Waals surface area contributed by atoms with Gasteiger partial charge >= 0.3 is 6.09 Å². The molecule has 0 radical (unpaired) electrons. The van der Waals surface area contributed by atoms with Crippen molar-refractivity contribution in [1.82, 2.24) is 0 Å². The predicted octanol–water partition coefficient (Wildman–Crippen LogP) is 4.57. The molecule has 5 heteroatoms. The summed E-state index contributed by atoms with van der Waals surface area (Å²) in [5, 5.41) is 0. The summed E-state index contributed by atoms with van der Waals surface area (Å²) in [5.74, 6) is 1.45. The molecule has 0 aromatic heterocycles. The van der Waals surface area contributed by atoms with Crippen molar-refractivity contribution in [2.24, 2.45) is 0 Å². The standard InChI is InChI=1S/C20H23NO4/c1-20(2,3)25-19(22)21-16-7-5-6-8-18(16)24-13-17(21)14-9-11-15(23-4)12-10-14/h5-12,17H,13H2,1-4H3/t17-/m0/s1. The maximum Gasteiger partial charge on any atom is 0.415 e. The third-order valence-corrected chi connectivity index (χ3v) is 3.92. The second-order valence-corrected chi connectivity index (χ2v) is 6.92. The number of hydrogen-bond acceptors (Lipinski definition) is 4. The molecule has 0 spiro atoms. The van der Waals surface area contributed by atoms with Crippen LogP contribution in [0.2, 0.25) is 0 Å². The molecule has 1 atom stereocenters. The third-order valence-electron chi connectivity index (χ3n) is 3.92. The van der Waals surface area contributed by atoms with Gasteiger partial charge in [-0.05, 0) is 50.6 Å². The largest absolute Gasteiger partial charge is 0.497 e. The molecule has 1 amide bonds. The predicted molar refractivity (Wildman–Crippen MR) is 96.4 cm³/mol. The van der Waals surface area contributed by atoms with Crippen LogP contribution in [0, 0.1) is 0 Å². The molecule has 5 nitrogen and oxygen atoms in total. The molecule has 0 saturated heterocycles. The highest BCUT2D eigenvalue weighted by atomic mass is 16.6. The van der Waals surface area contributed by atoms with Crippen molar-refractivity contribution in [3.05, 3.63) is 54.1 Å². The Labute approximate surface area is 148 Å². The van der Waals surface area contributed by atoms with Crippen molar-refractivity contribution in [2.45, 2.75) is 32.4 Å². The molecule has 0 bridgehead atoms. The van der Waals surface area contributed by atoms with E-state index >= 15 is 0 Å². The summed E-state index contributed by atoms with van der Waals surface area (Å²) in [6, 6.07) is 14.9. The number of carbonyl (C=O) groups excluding carboxylic acids is 1. The Kier molecular flexibility index (Phi) is 4.57. The second kappa shape index (κ2) is 6.67. The Morgan fingerprint density at radius 2 is 1.80 bits per heavy atom. The Morgan fingerprint density at radius 3 is 2.44 bits per heavy atom. The molecule has 1 aliphatic rings. The number of benzene rings is 2. The average Bonchev–Trinajstić information content (AvgIpc) is 2.59. The molecule has 1 heterocycles. The monoisotopic (exact) mass is 341 g/mol. The van der Waals surface area contributed by atoms with E-state index in [2.05, 4.69) is 0 Å². The molecule has 0 N–H and O–H groups in total. The van der Waals surface area contributed by atoms with Gasteiger partial charge in [0.05, 0.1) is 18.8 Å². The van der Waals surface area contributed by atoms with Gasteiger partial charge in [0, 0.05) is 0 Å². The van der Waals surface area contributed by atoms with E-state index in [1.165, 1.54) is 0 Å². The van der Waals surface area contributed by atoms with E-state index < -0.39 is 5.60 Å². The first-order valence-corrected chi connectivity index (χ1v) is 8.27. The van der Waals surface area contributed by atoms with Crippen molar-refractivity contribution in [3.8, 4) is 11.5 Å². The minimum absolute atomic E-state index is 0.268. The van der Waals surface area contributed by atoms with Crippen LogP contribution >= 0.6 is 0 Å². The fourth-order valence-corrected chi connectivity index (χ4v) is 2.80. The van der Waals surface area contributed by atoms with Crippen LogP contribution in [-0.4, -0.2) is 25.4 Å². The first kappa shape index (κ1) is 17.1. The molecule has 0 fully saturated rings. The van der Waals surface area contributed by atoms with Crippen LogP contribution in [0.5, 0.6) is 11.5 Å². The zero-order valence-corrected chi connectivity index (χ0v) is 15.0. The lowest BCUT2D eigenvalue weighted by Gasteiger charge is -2.37. The van der Waals surface area contributed by atoms with E-state index in [0.717, 1.165) is 11.3 Å². The van der Waals surface area contributed by atoms with Crippen molar-refractivity contribution in [3.63, 3.8) is 0 Å². The minimum Gasteiger partial charge on any atom is -0.497 e. The topological polar surface area (TPSA) is 48.0 Å². The van der Waals surface area contributed by atoms with E-state index in [4.69, 9.17) is 14.2 Å². The van der Waals surface area contributed by atoms with Gasteiger partial charge in [-0.3, -0.25) is 4.90 Å². The Hall–Kier alpha value is -2.69. The van der Waals surface area contributed by atoms with Crippen LogP contribution in [0.1, 0.15) is 32.4 Å². The maximum absolute atomic E-state index is 12.9. The number of rotatable bonds is 2. The van der Waals surface area contributed by atoms with E-state index in [-0.39, 0.29) is 12.1 Å². The normalized spacial score (nSPS) is 16.6. The van der Waals surface area contributed by atoms with Gasteiger partial charge in [-0.25, -0.2) is 4.79 Å². The van der Waals surface area contributed by atoms with Crippen LogP contribution in [0.3, 0.4) is 0 Å². The molecule has 132 valence electrons. The summed E-state index contributed by atoms with van der Waals surface area (Å²) < 4.78 is 16.7. The van der Waals surface area contributed by atoms with E-state index in [9.17, 15) is 4.79 Å². The molecule has 0 saturated carbocycles. The molecular weight excluding hydrogens is 318 g/mol. The first-order chi connectivity index (χ1) is 11.9. The summed E-state index contributed by atoms with van der Waals surface area (Å²) in [6.07, 6.45) is -0.385. The number of nitrogens with zero attached hydrogens (tertiary/aromatic N) is 1. The van der Waals surface area contributed by atoms with Crippen LogP contribution in [-0.2, 0) is 4.74 Å². The quantitative estimate of drug-likeness (QED) is 0.803. The van der Waals surface area contributed by atoms with Gasteiger partial charge in [0.15, 0.2) is 0 Å². The zero-order chi connectivity index (χ0) is 18.0. The number of anilines is 1. The highest BCUT2D eigenvalue weighted by Crippen LogP contribution is 2.40. The molecule has 0 unspecified atom stereocenters. The summed E-state index contributed by atoms with van der Waals surface area (Å²) in [6.45, 7) is 5.95. The lowest BCUT2D eigenvalue weighted by atomic mass is 10.0. The summed E-state index contributed by atoms with van der Waals surface area (Å²) in [7, 11) is 1.63. The number of hydrogen-bond donors (Lipinski definition) is 0. The number of fused-ring (bicyclic) bond motifs is 1. The summed E-state index contributed by atoms with van der Waals surface area (Å²) in [4.78, 5) is 14.6. The van der Waals surface area contributed by atoms with Gasteiger partial charge in [0.1, 0.15) is 23.7 Å². The van der Waals surface area contributed by atoms with Crippen LogP contribution in [0.25, 0.3) is 0 Å². The Morgan fingerprint density at radius 1 is 1.12 bits per heavy atom. The van der Waals surface area contributed by atoms with Gasteiger partial charge in [0.2, 0.25) is 0 Å². The van der Waals surface area contributed by atoms with E-state index in [0.29, 0.717) is 18.0 Å². The lowest BCUT2D eigenvalue weighted by Crippen LogP contribution is -2.43. The molecule has 2 aromatic carbocycles. The average molecular weight is 341 g/mol. The molecule has 3 rings (SSSR count). The molecule has 25 heavy (non-hydrogen) atoms. The minimum atomic E-state index is -0.575. The van der Waals surface area contributed by atoms with Crippen LogP contribution in [0.15, 0.2) is 48.5 Å². The summed E-state index contributed by atoms with van der Waals surface area (Å²) >= 11 is 0. The third kappa shape index (κ3) is 3.71. The summed E-state index contributed by atoms with van der Waals surface area (Å²) in [5.41, 5.74) is 1.10. The number of para-hydroxylation sites is 2. The van der Waals surface area contributed by atoms with Gasteiger partial charge in [-0.2, -0.15) is 0 Å². The molecule has 2 aromatic rings. The molecule has 1 aliphatic heterocycles. The smallest absolute Gasteiger partial charge is 0.415 e. The van der Waals surface area contributed by atoms with Gasteiger partial charge in [-0.15, -0.1) is 0 Å².